The van der Waals surface area contributed by atoms with E-state index >= 15 is 0 Å². The molecule has 2 atom stereocenters. The topological polar surface area (TPSA) is 40.5 Å². The Morgan fingerprint density at radius 2 is 1.06 bits per heavy atom. The molecule has 104 valence electrons. The Morgan fingerprint density at radius 1 is 0.706 bits per heavy atom. The van der Waals surface area contributed by atoms with Gasteiger partial charge in [-0.15, -0.1) is 23.2 Å². The molecule has 2 N–H and O–H groups in total. The first kappa shape index (κ1) is 18.6. The maximum Gasteiger partial charge on any atom is 0.0521 e. The van der Waals surface area contributed by atoms with Crippen LogP contribution in [0.25, 0.3) is 0 Å². The molecule has 0 aromatic heterocycles. The number of alkyl halides is 2. The average Bonchev–Trinajstić information content (AvgIpc) is 2.30. The van der Waals surface area contributed by atoms with Crippen LogP contribution in [-0.2, 0) is 0 Å². The number of aliphatic hydroxyl groups is 2. The third kappa shape index (κ3) is 13.8. The van der Waals surface area contributed by atoms with Crippen LogP contribution >= 0.6 is 58.5 Å². The molecule has 0 aliphatic heterocycles. The molecular weight excluding hydrogens is 319 g/mol. The third-order valence-corrected chi connectivity index (χ3v) is 6.51. The molecule has 0 bridgehead atoms. The smallest absolute Gasteiger partial charge is 0.0521 e. The van der Waals surface area contributed by atoms with Crippen LogP contribution in [0.3, 0.4) is 0 Å². The van der Waals surface area contributed by atoms with Crippen LogP contribution < -0.4 is 0 Å². The molecular formula is C10H20Cl2O2S3. The zero-order valence-corrected chi connectivity index (χ0v) is 13.6. The summed E-state index contributed by atoms with van der Waals surface area (Å²) in [5.74, 6) is 5.05. The highest BCUT2D eigenvalue weighted by molar-refractivity contribution is 8.00. The molecule has 0 aliphatic carbocycles. The predicted octanol–water partition coefficient (Wildman–Crippen LogP) is 2.39. The Hall–Kier alpha value is 1.55. The highest BCUT2D eigenvalue weighted by Gasteiger charge is 2.08. The second-order valence-corrected chi connectivity index (χ2v) is 7.94. The number of hydrogen-bond donors (Lipinski definition) is 2. The van der Waals surface area contributed by atoms with Crippen LogP contribution in [0.2, 0.25) is 0 Å². The van der Waals surface area contributed by atoms with Crippen LogP contribution in [0.1, 0.15) is 0 Å². The largest absolute Gasteiger partial charge is 0.396 e. The van der Waals surface area contributed by atoms with E-state index in [1.54, 1.807) is 35.3 Å². The molecule has 0 fully saturated rings. The monoisotopic (exact) mass is 338 g/mol. The highest BCUT2D eigenvalue weighted by atomic mass is 35.5. The first-order valence-electron chi connectivity index (χ1n) is 5.43. The van der Waals surface area contributed by atoms with E-state index in [0.717, 1.165) is 34.5 Å². The van der Waals surface area contributed by atoms with Gasteiger partial charge in [-0.25, -0.2) is 0 Å². The van der Waals surface area contributed by atoms with Gasteiger partial charge >= 0.3 is 0 Å². The van der Waals surface area contributed by atoms with Gasteiger partial charge in [-0.3, -0.25) is 0 Å². The molecule has 0 amide bonds. The molecule has 0 aromatic carbocycles. The summed E-state index contributed by atoms with van der Waals surface area (Å²) >= 11 is 17.4. The summed E-state index contributed by atoms with van der Waals surface area (Å²) in [5, 5.41) is 17.5. The standard InChI is InChI=1S/C10H20Cl2O2S3/c11-9(5-15-3-1-13)7-17-8-10(12)6-16-4-2-14/h9-10,13-14H,1-8H2. The minimum atomic E-state index is 0.144. The van der Waals surface area contributed by atoms with E-state index in [9.17, 15) is 0 Å². The molecule has 7 heteroatoms. The molecule has 0 saturated heterocycles. The number of hydrogen-bond acceptors (Lipinski definition) is 5. The summed E-state index contributed by atoms with van der Waals surface area (Å²) in [7, 11) is 0. The normalized spacial score (nSPS) is 14.8. The van der Waals surface area contributed by atoms with Gasteiger partial charge < -0.3 is 10.2 Å². The second-order valence-electron chi connectivity index (χ2n) is 3.33. The van der Waals surface area contributed by atoms with Crippen molar-refractivity contribution in [2.45, 2.75) is 10.8 Å². The molecule has 2 unspecified atom stereocenters. The molecule has 0 saturated carbocycles. The van der Waals surface area contributed by atoms with Crippen molar-refractivity contribution in [1.82, 2.24) is 0 Å². The Labute approximate surface area is 127 Å². The van der Waals surface area contributed by atoms with Gasteiger partial charge in [0.1, 0.15) is 0 Å². The van der Waals surface area contributed by atoms with Crippen LogP contribution in [0, 0.1) is 0 Å². The van der Waals surface area contributed by atoms with Crippen molar-refractivity contribution in [1.29, 1.82) is 0 Å². The average molecular weight is 339 g/mol. The summed E-state index contributed by atoms with van der Waals surface area (Å²) in [5.41, 5.74) is 0. The van der Waals surface area contributed by atoms with Crippen molar-refractivity contribution in [3.8, 4) is 0 Å². The zero-order valence-electron chi connectivity index (χ0n) is 9.69. The van der Waals surface area contributed by atoms with Gasteiger partial charge in [0.15, 0.2) is 0 Å². The molecule has 0 aliphatic rings. The predicted molar refractivity (Wildman–Crippen MR) is 85.4 cm³/mol. The van der Waals surface area contributed by atoms with Crippen molar-refractivity contribution in [3.05, 3.63) is 0 Å². The number of aliphatic hydroxyl groups excluding tert-OH is 2. The Balaban J connectivity index is 3.29. The van der Waals surface area contributed by atoms with Crippen LogP contribution in [0.15, 0.2) is 0 Å². The van der Waals surface area contributed by atoms with Gasteiger partial charge in [0.05, 0.1) is 24.0 Å². The second kappa shape index (κ2) is 14.0. The van der Waals surface area contributed by atoms with E-state index in [-0.39, 0.29) is 24.0 Å². The van der Waals surface area contributed by atoms with Gasteiger partial charge in [0, 0.05) is 34.5 Å². The van der Waals surface area contributed by atoms with Gasteiger partial charge in [0.2, 0.25) is 0 Å². The van der Waals surface area contributed by atoms with Gasteiger partial charge in [-0.05, 0) is 0 Å². The molecule has 0 radical (unpaired) electrons. The van der Waals surface area contributed by atoms with Crippen molar-refractivity contribution >= 4 is 58.5 Å². The third-order valence-electron chi connectivity index (χ3n) is 1.67. The number of halogens is 2. The van der Waals surface area contributed by atoms with E-state index in [4.69, 9.17) is 33.4 Å². The SMILES string of the molecule is OCCSCC(Cl)CSCC(Cl)CSCCO. The zero-order chi connectivity index (χ0) is 12.9. The lowest BCUT2D eigenvalue weighted by Crippen LogP contribution is -2.12. The summed E-state index contributed by atoms with van der Waals surface area (Å²) in [6.07, 6.45) is 0. The first-order valence-corrected chi connectivity index (χ1v) is 9.77. The fourth-order valence-corrected chi connectivity index (χ4v) is 4.56. The minimum absolute atomic E-state index is 0.144. The van der Waals surface area contributed by atoms with Crippen molar-refractivity contribution in [3.63, 3.8) is 0 Å². The van der Waals surface area contributed by atoms with Gasteiger partial charge in [-0.1, -0.05) is 0 Å². The van der Waals surface area contributed by atoms with E-state index < -0.39 is 0 Å². The van der Waals surface area contributed by atoms with Gasteiger partial charge in [0.25, 0.3) is 0 Å². The van der Waals surface area contributed by atoms with E-state index in [1.165, 1.54) is 0 Å². The summed E-state index contributed by atoms with van der Waals surface area (Å²) in [4.78, 5) is 0. The number of rotatable bonds is 12. The van der Waals surface area contributed by atoms with Crippen LogP contribution in [-0.4, -0.2) is 68.7 Å². The molecule has 0 spiro atoms. The van der Waals surface area contributed by atoms with Crippen molar-refractivity contribution in [2.24, 2.45) is 0 Å². The lowest BCUT2D eigenvalue weighted by Gasteiger charge is -2.11. The molecule has 0 rings (SSSR count). The quantitative estimate of drug-likeness (QED) is 0.422. The maximum absolute atomic E-state index is 8.62. The fraction of sp³-hybridized carbons (Fsp3) is 1.00. The first-order chi connectivity index (χ1) is 8.20. The van der Waals surface area contributed by atoms with Crippen LogP contribution in [0.4, 0.5) is 0 Å². The van der Waals surface area contributed by atoms with E-state index in [2.05, 4.69) is 0 Å². The van der Waals surface area contributed by atoms with E-state index in [1.807, 2.05) is 0 Å². The summed E-state index contributed by atoms with van der Waals surface area (Å²) in [6, 6.07) is 0. The minimum Gasteiger partial charge on any atom is -0.396 e. The fourth-order valence-electron chi connectivity index (χ4n) is 0.972. The summed E-state index contributed by atoms with van der Waals surface area (Å²) in [6.45, 7) is 0.431. The Bertz CT molecular complexity index is 150. The van der Waals surface area contributed by atoms with Gasteiger partial charge in [-0.2, -0.15) is 35.3 Å². The van der Waals surface area contributed by atoms with Crippen molar-refractivity contribution < 1.29 is 10.2 Å². The van der Waals surface area contributed by atoms with Crippen LogP contribution in [0.5, 0.6) is 0 Å². The van der Waals surface area contributed by atoms with E-state index in [0.29, 0.717) is 0 Å². The van der Waals surface area contributed by atoms with Crippen molar-refractivity contribution in [2.75, 3.05) is 47.7 Å². The highest BCUT2D eigenvalue weighted by Crippen LogP contribution is 2.18. The molecule has 0 aromatic rings. The molecule has 2 nitrogen and oxygen atoms in total. The Morgan fingerprint density at radius 3 is 1.41 bits per heavy atom. The molecule has 0 heterocycles. The lowest BCUT2D eigenvalue weighted by atomic mass is 10.5. The molecule has 17 heavy (non-hydrogen) atoms. The Kier molecular flexibility index (Phi) is 15.2. The number of thioether (sulfide) groups is 3. The lowest BCUT2D eigenvalue weighted by molar-refractivity contribution is 0.322. The summed E-state index contributed by atoms with van der Waals surface area (Å²) < 4.78 is 0. The maximum atomic E-state index is 8.62.